The average Bonchev–Trinajstić information content (AvgIpc) is 2.36. The molecule has 0 aliphatic rings. The third-order valence-corrected chi connectivity index (χ3v) is 1.79. The summed E-state index contributed by atoms with van der Waals surface area (Å²) in [6.07, 6.45) is 1.41. The van der Waals surface area contributed by atoms with E-state index in [4.69, 9.17) is 4.74 Å². The normalized spacial score (nSPS) is 12.2. The van der Waals surface area contributed by atoms with Gasteiger partial charge in [-0.3, -0.25) is 4.21 Å². The molecule has 0 aromatic carbocycles. The van der Waals surface area contributed by atoms with Gasteiger partial charge >= 0.3 is 29.6 Å². The molecule has 0 bridgehead atoms. The van der Waals surface area contributed by atoms with E-state index in [-0.39, 0.29) is 41.3 Å². The quantitative estimate of drug-likeness (QED) is 0.377. The number of rotatable bonds is 3. The maximum Gasteiger partial charge on any atom is 1.00 e. The molecule has 0 saturated carbocycles. The summed E-state index contributed by atoms with van der Waals surface area (Å²) in [5.74, 6) is 0. The predicted octanol–water partition coefficient (Wildman–Crippen LogP) is -3.27. The summed E-state index contributed by atoms with van der Waals surface area (Å²) >= 11 is -2.24. The third-order valence-electron chi connectivity index (χ3n) is 1.10. The molecule has 0 radical (unpaired) electrons. The number of aromatic nitrogens is 2. The molecule has 12 heavy (non-hydrogen) atoms. The van der Waals surface area contributed by atoms with Crippen LogP contribution in [0.15, 0.2) is 17.3 Å². The van der Waals surface area contributed by atoms with Crippen LogP contribution in [-0.2, 0) is 22.5 Å². The van der Waals surface area contributed by atoms with Gasteiger partial charge in [-0.1, -0.05) is 0 Å². The van der Waals surface area contributed by atoms with Crippen molar-refractivity contribution in [3.63, 3.8) is 0 Å². The number of hydrogen-bond donors (Lipinski definition) is 0. The van der Waals surface area contributed by atoms with E-state index < -0.39 is 11.1 Å². The molecule has 1 rings (SSSR count). The first-order chi connectivity index (χ1) is 5.25. The minimum absolute atomic E-state index is 0. The third kappa shape index (κ3) is 2.96. The molecule has 0 N–H and O–H groups in total. The standard InChI is InChI=1S/C5H8N2O3S.Na/c1-10-4-7-5(11(8)9)2-3-6-7;/h2-3H,4H2,1H3,(H,8,9);/q;+1/p-1. The first-order valence-electron chi connectivity index (χ1n) is 2.85. The Morgan fingerprint density at radius 1 is 1.83 bits per heavy atom. The van der Waals surface area contributed by atoms with Crippen molar-refractivity contribution in [3.05, 3.63) is 12.3 Å². The molecule has 1 unspecified atom stereocenters. The second-order valence-corrected chi connectivity index (χ2v) is 2.71. The van der Waals surface area contributed by atoms with Gasteiger partial charge < -0.3 is 9.29 Å². The average molecular weight is 198 g/mol. The van der Waals surface area contributed by atoms with Gasteiger partial charge in [0.1, 0.15) is 11.8 Å². The molecule has 0 saturated heterocycles. The zero-order valence-electron chi connectivity index (χ0n) is 6.89. The first kappa shape index (κ1) is 12.3. The van der Waals surface area contributed by atoms with Gasteiger partial charge in [-0.05, 0) is 17.1 Å². The topological polar surface area (TPSA) is 67.2 Å². The molecule has 0 aliphatic carbocycles. The van der Waals surface area contributed by atoms with Crippen LogP contribution in [0, 0.1) is 0 Å². The van der Waals surface area contributed by atoms with E-state index in [9.17, 15) is 8.76 Å². The van der Waals surface area contributed by atoms with Gasteiger partial charge in [0.25, 0.3) is 0 Å². The second kappa shape index (κ2) is 5.85. The molecule has 0 amide bonds. The van der Waals surface area contributed by atoms with Gasteiger partial charge in [0.05, 0.1) is 6.20 Å². The van der Waals surface area contributed by atoms with Gasteiger partial charge in [0, 0.05) is 7.11 Å². The molecule has 5 nitrogen and oxygen atoms in total. The van der Waals surface area contributed by atoms with Crippen molar-refractivity contribution in [2.75, 3.05) is 7.11 Å². The number of methoxy groups -OCH3 is 1. The molecule has 0 spiro atoms. The fourth-order valence-corrected chi connectivity index (χ4v) is 1.13. The van der Waals surface area contributed by atoms with Crippen molar-refractivity contribution in [1.29, 1.82) is 0 Å². The first-order valence-corrected chi connectivity index (χ1v) is 3.93. The summed E-state index contributed by atoms with van der Waals surface area (Å²) in [5, 5.41) is 3.86. The minimum atomic E-state index is -2.24. The van der Waals surface area contributed by atoms with Gasteiger partial charge in [0.2, 0.25) is 0 Å². The summed E-state index contributed by atoms with van der Waals surface area (Å²) in [4.78, 5) is 0. The van der Waals surface area contributed by atoms with Gasteiger partial charge in [-0.2, -0.15) is 5.10 Å². The van der Waals surface area contributed by atoms with Gasteiger partial charge in [-0.25, -0.2) is 4.68 Å². The zero-order valence-corrected chi connectivity index (χ0v) is 9.71. The zero-order chi connectivity index (χ0) is 8.27. The molecule has 1 aromatic rings. The summed E-state index contributed by atoms with van der Waals surface area (Å²) in [6, 6.07) is 1.40. The Morgan fingerprint density at radius 2 is 2.50 bits per heavy atom. The fraction of sp³-hybridized carbons (Fsp3) is 0.400. The van der Waals surface area contributed by atoms with Crippen molar-refractivity contribution in [1.82, 2.24) is 9.78 Å². The Balaban J connectivity index is 0.00000121. The van der Waals surface area contributed by atoms with E-state index in [2.05, 4.69) is 5.10 Å². The second-order valence-electron chi connectivity index (χ2n) is 1.82. The van der Waals surface area contributed by atoms with Crippen molar-refractivity contribution < 1.29 is 43.1 Å². The molecule has 1 heterocycles. The van der Waals surface area contributed by atoms with E-state index >= 15 is 0 Å². The van der Waals surface area contributed by atoms with E-state index in [1.54, 1.807) is 0 Å². The molecular weight excluding hydrogens is 191 g/mol. The molecule has 7 heteroatoms. The minimum Gasteiger partial charge on any atom is -0.767 e. The Labute approximate surface area is 94.7 Å². The number of hydrogen-bond acceptors (Lipinski definition) is 4. The SMILES string of the molecule is COCn1nccc1S(=O)[O-].[Na+]. The van der Waals surface area contributed by atoms with E-state index in [1.165, 1.54) is 24.1 Å². The summed E-state index contributed by atoms with van der Waals surface area (Å²) in [5.41, 5.74) is 0. The van der Waals surface area contributed by atoms with E-state index in [0.717, 1.165) is 0 Å². The van der Waals surface area contributed by atoms with Crippen LogP contribution >= 0.6 is 0 Å². The summed E-state index contributed by atoms with van der Waals surface area (Å²) < 4.78 is 26.8. The summed E-state index contributed by atoms with van der Waals surface area (Å²) in [7, 11) is 1.47. The summed E-state index contributed by atoms with van der Waals surface area (Å²) in [6.45, 7) is 0.149. The van der Waals surface area contributed by atoms with Crippen LogP contribution in [0.2, 0.25) is 0 Å². The van der Waals surface area contributed by atoms with Gasteiger partial charge in [0.15, 0.2) is 0 Å². The fourth-order valence-electron chi connectivity index (χ4n) is 0.681. The van der Waals surface area contributed by atoms with Crippen LogP contribution < -0.4 is 29.6 Å². The van der Waals surface area contributed by atoms with Crippen LogP contribution in [-0.4, -0.2) is 25.7 Å². The smallest absolute Gasteiger partial charge is 0.767 e. The molecule has 62 valence electrons. The van der Waals surface area contributed by atoms with Crippen LogP contribution in [0.4, 0.5) is 0 Å². The largest absolute Gasteiger partial charge is 1.00 e. The van der Waals surface area contributed by atoms with Crippen molar-refractivity contribution >= 4 is 11.1 Å². The van der Waals surface area contributed by atoms with Crippen molar-refractivity contribution in [3.8, 4) is 0 Å². The van der Waals surface area contributed by atoms with Crippen LogP contribution in [0.25, 0.3) is 0 Å². The van der Waals surface area contributed by atoms with E-state index in [0.29, 0.717) is 0 Å². The van der Waals surface area contributed by atoms with Crippen LogP contribution in [0.5, 0.6) is 0 Å². The van der Waals surface area contributed by atoms with Crippen LogP contribution in [0.1, 0.15) is 0 Å². The number of ether oxygens (including phenoxy) is 1. The molecule has 0 aliphatic heterocycles. The monoisotopic (exact) mass is 198 g/mol. The molecule has 0 fully saturated rings. The Bertz CT molecular complexity index is 265. The Hall–Kier alpha value is 0.280. The molecule has 1 atom stereocenters. The Kier molecular flexibility index (Phi) is 5.98. The maximum atomic E-state index is 10.4. The number of nitrogens with zero attached hydrogens (tertiary/aromatic N) is 2. The maximum absolute atomic E-state index is 10.4. The predicted molar refractivity (Wildman–Crippen MR) is 36.4 cm³/mol. The van der Waals surface area contributed by atoms with Crippen molar-refractivity contribution in [2.24, 2.45) is 0 Å². The van der Waals surface area contributed by atoms with Crippen LogP contribution in [0.3, 0.4) is 0 Å². The molecule has 1 aromatic heterocycles. The van der Waals surface area contributed by atoms with Gasteiger partial charge in [-0.15, -0.1) is 0 Å². The Morgan fingerprint density at radius 3 is 3.00 bits per heavy atom. The van der Waals surface area contributed by atoms with Crippen molar-refractivity contribution in [2.45, 2.75) is 11.8 Å². The molecular formula is C5H7N2NaO3S. The van der Waals surface area contributed by atoms with E-state index in [1.807, 2.05) is 0 Å².